The summed E-state index contributed by atoms with van der Waals surface area (Å²) in [5.41, 5.74) is 1.67. The number of hydrogen-bond acceptors (Lipinski definition) is 22. The van der Waals surface area contributed by atoms with Gasteiger partial charge in [-0.25, -0.2) is 0 Å². The molecule has 0 aromatic carbocycles. The summed E-state index contributed by atoms with van der Waals surface area (Å²) in [7, 11) is 0. The van der Waals surface area contributed by atoms with Crippen LogP contribution in [0.1, 0.15) is 85.5 Å². The zero-order valence-corrected chi connectivity index (χ0v) is 42.2. The van der Waals surface area contributed by atoms with Crippen LogP contribution >= 0.6 is 0 Å². The van der Waals surface area contributed by atoms with E-state index in [4.69, 9.17) is 37.9 Å². The molecule has 4 aliphatic carbocycles. The van der Waals surface area contributed by atoms with Crippen LogP contribution in [-0.4, -0.2) is 245 Å². The number of fused-ring (bicyclic) bond motifs is 9. The van der Waals surface area contributed by atoms with Crippen LogP contribution in [-0.2, 0) is 37.9 Å². The van der Waals surface area contributed by atoms with Crippen LogP contribution in [0.15, 0.2) is 11.6 Å². The molecule has 0 amide bonds. The molecule has 73 heavy (non-hydrogen) atoms. The lowest BCUT2D eigenvalue weighted by molar-refractivity contribution is -0.406. The average Bonchev–Trinajstić information content (AvgIpc) is 3.85. The van der Waals surface area contributed by atoms with Gasteiger partial charge in [-0.15, -0.1) is 0 Å². The number of piperidine rings is 1. The number of aliphatic hydroxyl groups excluding tert-OH is 13. The van der Waals surface area contributed by atoms with E-state index in [2.05, 4.69) is 38.7 Å². The summed E-state index contributed by atoms with van der Waals surface area (Å²) in [4.78, 5) is 2.92. The van der Waals surface area contributed by atoms with Crippen molar-refractivity contribution in [1.29, 1.82) is 0 Å². The molecule has 31 atom stereocenters. The molecule has 10 aliphatic rings. The fourth-order valence-electron chi connectivity index (χ4n) is 16.3. The molecule has 22 heteroatoms. The molecule has 6 saturated heterocycles. The summed E-state index contributed by atoms with van der Waals surface area (Å²) in [6, 6.07) is 1.39. The standard InChI is InChI=1S/C51H83NO21/c1-20-5-8-27-21(2)33-28(52(27)15-20)14-26-24-7-6-22-13-23(9-11-50(22,3)25(24)10-12-51(26,33)4)66-46-42(65)39(62)43(32(19-56)70-46)71-49-45(73-48-41(64)38(61)35(58)30(17-54)68-48)44(36(59)31(18-55)69-49)72-47-40(63)37(60)34(57)29(16-53)67-47/h6,20-21,23-49,53-65H,5,7-19H2,1-4H3/t20-,21-,23-,24+,25-,26+,27-,28+,29+,30+,31+,32+,33+,34+,35+,36+,37-,38-,39+,40+,41+,42+,43+,44-,45+,46+,47-,48-,49-,50-,51-/m1/s1. The van der Waals surface area contributed by atoms with Crippen molar-refractivity contribution in [3.63, 3.8) is 0 Å². The molecular formula is C51H83NO21. The van der Waals surface area contributed by atoms with Crippen molar-refractivity contribution in [2.45, 2.75) is 226 Å². The van der Waals surface area contributed by atoms with E-state index < -0.39 is 149 Å². The second-order valence-electron chi connectivity index (χ2n) is 24.1. The quantitative estimate of drug-likeness (QED) is 0.0864. The van der Waals surface area contributed by atoms with Gasteiger partial charge >= 0.3 is 0 Å². The van der Waals surface area contributed by atoms with Crippen molar-refractivity contribution in [1.82, 2.24) is 4.90 Å². The van der Waals surface area contributed by atoms with Crippen LogP contribution in [0, 0.1) is 46.3 Å². The Morgan fingerprint density at radius 1 is 0.548 bits per heavy atom. The molecule has 9 fully saturated rings. The predicted octanol–water partition coefficient (Wildman–Crippen LogP) is -3.05. The van der Waals surface area contributed by atoms with Gasteiger partial charge in [0.15, 0.2) is 25.2 Å². The number of ether oxygens (including phenoxy) is 8. The number of nitrogens with zero attached hydrogens (tertiary/aromatic N) is 1. The van der Waals surface area contributed by atoms with Gasteiger partial charge in [-0.1, -0.05) is 39.3 Å². The summed E-state index contributed by atoms with van der Waals surface area (Å²) in [6.07, 6.45) is -24.1. The van der Waals surface area contributed by atoms with E-state index in [1.807, 2.05) is 0 Å². The Kier molecular flexibility index (Phi) is 16.2. The van der Waals surface area contributed by atoms with Crippen molar-refractivity contribution in [2.24, 2.45) is 46.3 Å². The van der Waals surface area contributed by atoms with Gasteiger partial charge in [-0.3, -0.25) is 4.90 Å². The third-order valence-electron chi connectivity index (χ3n) is 20.2. The lowest BCUT2D eigenvalue weighted by Gasteiger charge is -2.58. The fourth-order valence-corrected chi connectivity index (χ4v) is 16.3. The zero-order chi connectivity index (χ0) is 52.2. The normalized spacial score (nSPS) is 56.2. The van der Waals surface area contributed by atoms with E-state index in [0.717, 1.165) is 36.6 Å². The minimum absolute atomic E-state index is 0.00763. The van der Waals surface area contributed by atoms with Gasteiger partial charge in [0.05, 0.1) is 32.5 Å². The highest BCUT2D eigenvalue weighted by Crippen LogP contribution is 2.70. The Hall–Kier alpha value is -1.14. The van der Waals surface area contributed by atoms with Crippen molar-refractivity contribution < 1.29 is 104 Å². The maximum absolute atomic E-state index is 11.8. The molecule has 0 bridgehead atoms. The topological polar surface area (TPSA) is 340 Å². The largest absolute Gasteiger partial charge is 0.394 e. The molecule has 0 spiro atoms. The van der Waals surface area contributed by atoms with Crippen LogP contribution in [0.5, 0.6) is 0 Å². The first-order chi connectivity index (χ1) is 34.8. The van der Waals surface area contributed by atoms with Gasteiger partial charge < -0.3 is 104 Å². The van der Waals surface area contributed by atoms with E-state index in [9.17, 15) is 66.4 Å². The summed E-state index contributed by atoms with van der Waals surface area (Å²) < 4.78 is 48.0. The first-order valence-corrected chi connectivity index (χ1v) is 27.0. The first kappa shape index (κ1) is 55.2. The molecule has 0 unspecified atom stereocenters. The lowest BCUT2D eigenvalue weighted by atomic mass is 9.47. The molecule has 13 N–H and O–H groups in total. The van der Waals surface area contributed by atoms with Crippen LogP contribution in [0.25, 0.3) is 0 Å². The molecule has 418 valence electrons. The summed E-state index contributed by atoms with van der Waals surface area (Å²) in [5, 5.41) is 140. The average molecular weight is 1050 g/mol. The lowest BCUT2D eigenvalue weighted by Crippen LogP contribution is -2.68. The van der Waals surface area contributed by atoms with Crippen molar-refractivity contribution in [2.75, 3.05) is 33.0 Å². The third-order valence-corrected chi connectivity index (χ3v) is 20.2. The Labute approximate surface area is 425 Å². The predicted molar refractivity (Wildman–Crippen MR) is 249 cm³/mol. The van der Waals surface area contributed by atoms with Crippen molar-refractivity contribution in [3.8, 4) is 0 Å². The van der Waals surface area contributed by atoms with E-state index >= 15 is 0 Å². The Morgan fingerprint density at radius 2 is 1.10 bits per heavy atom. The number of aliphatic hydroxyl groups is 13. The highest BCUT2D eigenvalue weighted by Gasteiger charge is 2.67. The molecule has 10 rings (SSSR count). The monoisotopic (exact) mass is 1050 g/mol. The van der Waals surface area contributed by atoms with E-state index in [-0.39, 0.29) is 11.5 Å². The summed E-state index contributed by atoms with van der Waals surface area (Å²) >= 11 is 0. The molecule has 22 nitrogen and oxygen atoms in total. The zero-order valence-electron chi connectivity index (χ0n) is 42.2. The molecule has 0 aromatic heterocycles. The van der Waals surface area contributed by atoms with Gasteiger partial charge in [-0.2, -0.15) is 0 Å². The van der Waals surface area contributed by atoms with Crippen molar-refractivity contribution in [3.05, 3.63) is 11.6 Å². The van der Waals surface area contributed by atoms with Gasteiger partial charge in [0, 0.05) is 18.6 Å². The minimum atomic E-state index is -2.03. The highest BCUT2D eigenvalue weighted by molar-refractivity contribution is 5.27. The van der Waals surface area contributed by atoms with Gasteiger partial charge in [0.1, 0.15) is 97.7 Å². The van der Waals surface area contributed by atoms with Gasteiger partial charge in [0.25, 0.3) is 0 Å². The number of rotatable bonds is 12. The highest BCUT2D eigenvalue weighted by atomic mass is 16.8. The Balaban J connectivity index is 0.841. The Morgan fingerprint density at radius 3 is 1.73 bits per heavy atom. The van der Waals surface area contributed by atoms with Crippen LogP contribution in [0.3, 0.4) is 0 Å². The molecule has 6 heterocycles. The van der Waals surface area contributed by atoms with Crippen LogP contribution in [0.2, 0.25) is 0 Å². The SMILES string of the molecule is C[C@@H]1CC[C@@H]2[C@@H](C)[C@H]3[C@H](C[C@H]4[C@H]5CC=C6C[C@H](O[C@H]7O[C@@H](CO)[C@H](O[C@H]8O[C@@H](CO)[C@H](O)[C@@H](O[C@H]9O[C@@H](CO)[C@H](O)[C@@H](O)[C@@H]9O)[C@@H]8O[C@H]8O[C@@H](CO)[C@H](O)[C@@H](O)[C@@H]8O)[C@@H](O)[C@@H]7O)CC[C@@]6(C)[C@@H]5CC[C@@]34C)N2C1. The second-order valence-corrected chi connectivity index (χ2v) is 24.1. The maximum atomic E-state index is 11.8. The first-order valence-electron chi connectivity index (χ1n) is 27.0. The van der Waals surface area contributed by atoms with E-state index in [0.29, 0.717) is 42.1 Å². The second kappa shape index (κ2) is 21.5. The van der Waals surface area contributed by atoms with Crippen LogP contribution in [0.4, 0.5) is 0 Å². The van der Waals surface area contributed by atoms with Crippen LogP contribution < -0.4 is 0 Å². The number of hydrogen-bond donors (Lipinski definition) is 13. The molecule has 0 radical (unpaired) electrons. The minimum Gasteiger partial charge on any atom is -0.394 e. The summed E-state index contributed by atoms with van der Waals surface area (Å²) in [5.74, 6) is 4.05. The number of allylic oxidation sites excluding steroid dienone is 1. The fraction of sp³-hybridized carbons (Fsp3) is 0.961. The molecule has 3 saturated carbocycles. The van der Waals surface area contributed by atoms with Crippen molar-refractivity contribution >= 4 is 0 Å². The van der Waals surface area contributed by atoms with Gasteiger partial charge in [-0.05, 0) is 104 Å². The smallest absolute Gasteiger partial charge is 0.187 e. The van der Waals surface area contributed by atoms with E-state index in [1.165, 1.54) is 44.2 Å². The maximum Gasteiger partial charge on any atom is 0.187 e. The molecular weight excluding hydrogens is 963 g/mol. The Bertz CT molecular complexity index is 1920. The molecule has 6 aliphatic heterocycles. The van der Waals surface area contributed by atoms with Gasteiger partial charge in [0.2, 0.25) is 0 Å². The molecule has 0 aromatic rings. The summed E-state index contributed by atoms with van der Waals surface area (Å²) in [6.45, 7) is 7.83. The van der Waals surface area contributed by atoms with E-state index in [1.54, 1.807) is 0 Å². The third kappa shape index (κ3) is 9.42.